The summed E-state index contributed by atoms with van der Waals surface area (Å²) < 4.78 is 10.7. The molecule has 0 aliphatic carbocycles. The molecule has 0 amide bonds. The summed E-state index contributed by atoms with van der Waals surface area (Å²) in [4.78, 5) is 28.2. The first-order valence-corrected chi connectivity index (χ1v) is 7.83. The van der Waals surface area contributed by atoms with Gasteiger partial charge in [-0.15, -0.1) is 0 Å². The van der Waals surface area contributed by atoms with Crippen LogP contribution in [0.25, 0.3) is 6.08 Å². The zero-order valence-corrected chi connectivity index (χ0v) is 14.2. The van der Waals surface area contributed by atoms with E-state index in [0.717, 1.165) is 4.47 Å². The minimum Gasteiger partial charge on any atom is -0.465 e. The van der Waals surface area contributed by atoms with Gasteiger partial charge in [-0.3, -0.25) is 0 Å². The predicted octanol–water partition coefficient (Wildman–Crippen LogP) is 3.58. The lowest BCUT2D eigenvalue weighted by atomic mass is 10.1. The maximum absolute atomic E-state index is 12.0. The van der Waals surface area contributed by atoms with Crippen LogP contribution in [-0.2, 0) is 14.3 Å². The summed E-state index contributed by atoms with van der Waals surface area (Å²) in [6.07, 6.45) is 1.51. The van der Waals surface area contributed by atoms with Crippen LogP contribution in [0.5, 0.6) is 0 Å². The van der Waals surface area contributed by atoms with Crippen LogP contribution in [-0.4, -0.2) is 24.9 Å². The lowest BCUT2D eigenvalue weighted by molar-refractivity contribution is -0.129. The molecule has 0 atom stereocenters. The van der Waals surface area contributed by atoms with E-state index in [1.165, 1.54) is 13.2 Å². The summed E-state index contributed by atoms with van der Waals surface area (Å²) in [5.74, 6) is -0.821. The van der Waals surface area contributed by atoms with Crippen molar-refractivity contribution in [3.8, 4) is 0 Å². The Hall–Kier alpha value is -2.73. The molecule has 0 bridgehead atoms. The van der Waals surface area contributed by atoms with Gasteiger partial charge in [0.2, 0.25) is 5.90 Å². The van der Waals surface area contributed by atoms with Gasteiger partial charge in [-0.2, -0.15) is 0 Å². The van der Waals surface area contributed by atoms with E-state index in [4.69, 9.17) is 9.47 Å². The Morgan fingerprint density at radius 3 is 2.67 bits per heavy atom. The molecule has 2 aromatic rings. The van der Waals surface area contributed by atoms with Crippen molar-refractivity contribution in [1.29, 1.82) is 0 Å². The Morgan fingerprint density at radius 1 is 1.21 bits per heavy atom. The van der Waals surface area contributed by atoms with E-state index >= 15 is 0 Å². The van der Waals surface area contributed by atoms with Crippen molar-refractivity contribution in [2.24, 2.45) is 4.99 Å². The van der Waals surface area contributed by atoms with Gasteiger partial charge in [0.25, 0.3) is 0 Å². The van der Waals surface area contributed by atoms with E-state index in [1.807, 2.05) is 18.2 Å². The SMILES string of the molecule is COC(=O)c1cc(Br)ccc1/C=C1/N=C(c2ccccc2)OC1=O. The van der Waals surface area contributed by atoms with Crippen molar-refractivity contribution in [3.05, 3.63) is 75.4 Å². The van der Waals surface area contributed by atoms with Crippen LogP contribution in [0, 0.1) is 0 Å². The number of ether oxygens (including phenoxy) is 2. The molecule has 0 fully saturated rings. The summed E-state index contributed by atoms with van der Waals surface area (Å²) in [6, 6.07) is 14.2. The molecule has 0 unspecified atom stereocenters. The average molecular weight is 386 g/mol. The van der Waals surface area contributed by atoms with Gasteiger partial charge >= 0.3 is 11.9 Å². The molecular formula is C18H12BrNO4. The number of hydrogen-bond acceptors (Lipinski definition) is 5. The summed E-state index contributed by atoms with van der Waals surface area (Å²) >= 11 is 3.31. The highest BCUT2D eigenvalue weighted by molar-refractivity contribution is 9.10. The van der Waals surface area contributed by atoms with E-state index in [2.05, 4.69) is 20.9 Å². The number of nitrogens with zero attached hydrogens (tertiary/aromatic N) is 1. The van der Waals surface area contributed by atoms with E-state index in [1.54, 1.807) is 30.3 Å². The van der Waals surface area contributed by atoms with Crippen molar-refractivity contribution in [2.45, 2.75) is 0 Å². The maximum atomic E-state index is 12.0. The lowest BCUT2D eigenvalue weighted by Crippen LogP contribution is -2.06. The molecule has 2 aromatic carbocycles. The minimum absolute atomic E-state index is 0.126. The summed E-state index contributed by atoms with van der Waals surface area (Å²) in [7, 11) is 1.30. The van der Waals surface area contributed by atoms with Crippen LogP contribution in [0.1, 0.15) is 21.5 Å². The predicted molar refractivity (Wildman–Crippen MR) is 92.5 cm³/mol. The third-order valence-corrected chi connectivity index (χ3v) is 3.85. The van der Waals surface area contributed by atoms with Gasteiger partial charge in [0.05, 0.1) is 12.7 Å². The van der Waals surface area contributed by atoms with Crippen molar-refractivity contribution in [2.75, 3.05) is 7.11 Å². The standard InChI is InChI=1S/C18H12BrNO4/c1-23-17(21)14-10-13(19)8-7-12(14)9-15-18(22)24-16(20-15)11-5-3-2-4-6-11/h2-10H,1H3/b15-9+. The van der Waals surface area contributed by atoms with Crippen LogP contribution in [0.2, 0.25) is 0 Å². The van der Waals surface area contributed by atoms with Crippen LogP contribution in [0.4, 0.5) is 0 Å². The fraction of sp³-hybridized carbons (Fsp3) is 0.0556. The van der Waals surface area contributed by atoms with Gasteiger partial charge in [0.15, 0.2) is 5.70 Å². The fourth-order valence-electron chi connectivity index (χ4n) is 2.20. The molecule has 1 heterocycles. The normalized spacial score (nSPS) is 15.2. The number of esters is 2. The van der Waals surface area contributed by atoms with Crippen molar-refractivity contribution >= 4 is 39.8 Å². The van der Waals surface area contributed by atoms with E-state index < -0.39 is 11.9 Å². The van der Waals surface area contributed by atoms with E-state index in [9.17, 15) is 9.59 Å². The topological polar surface area (TPSA) is 65.0 Å². The molecule has 1 aliphatic heterocycles. The summed E-state index contributed by atoms with van der Waals surface area (Å²) in [5, 5.41) is 0. The first-order chi connectivity index (χ1) is 11.6. The zero-order valence-electron chi connectivity index (χ0n) is 12.7. The first-order valence-electron chi connectivity index (χ1n) is 7.04. The molecule has 5 nitrogen and oxygen atoms in total. The highest BCUT2D eigenvalue weighted by Gasteiger charge is 2.24. The Labute approximate surface area is 146 Å². The van der Waals surface area contributed by atoms with Crippen LogP contribution < -0.4 is 0 Å². The van der Waals surface area contributed by atoms with Gasteiger partial charge in [0, 0.05) is 10.0 Å². The molecule has 0 N–H and O–H groups in total. The van der Waals surface area contributed by atoms with Gasteiger partial charge in [-0.05, 0) is 35.9 Å². The highest BCUT2D eigenvalue weighted by Crippen LogP contribution is 2.23. The van der Waals surface area contributed by atoms with Gasteiger partial charge in [0.1, 0.15) is 0 Å². The second kappa shape index (κ2) is 6.80. The zero-order chi connectivity index (χ0) is 17.1. The third kappa shape index (κ3) is 3.28. The molecule has 0 saturated heterocycles. The molecule has 120 valence electrons. The van der Waals surface area contributed by atoms with Crippen molar-refractivity contribution in [1.82, 2.24) is 0 Å². The first kappa shape index (κ1) is 16.1. The number of aliphatic imine (C=N–C) groups is 1. The number of benzene rings is 2. The van der Waals surface area contributed by atoms with Gasteiger partial charge in [-0.25, -0.2) is 14.6 Å². The Kier molecular flexibility index (Phi) is 4.57. The monoisotopic (exact) mass is 385 g/mol. The molecule has 3 rings (SSSR count). The molecular weight excluding hydrogens is 374 g/mol. The number of halogens is 1. The van der Waals surface area contributed by atoms with Crippen LogP contribution >= 0.6 is 15.9 Å². The molecule has 0 spiro atoms. The molecule has 0 radical (unpaired) electrons. The van der Waals surface area contributed by atoms with Crippen LogP contribution in [0.3, 0.4) is 0 Å². The molecule has 24 heavy (non-hydrogen) atoms. The van der Waals surface area contributed by atoms with Crippen LogP contribution in [0.15, 0.2) is 63.7 Å². The number of rotatable bonds is 3. The van der Waals surface area contributed by atoms with E-state index in [-0.39, 0.29) is 11.6 Å². The third-order valence-electron chi connectivity index (χ3n) is 3.35. The number of carbonyl (C=O) groups is 2. The quantitative estimate of drug-likeness (QED) is 0.598. The second-order valence-corrected chi connectivity index (χ2v) is 5.84. The molecule has 1 aliphatic rings. The number of cyclic esters (lactones) is 1. The lowest BCUT2D eigenvalue weighted by Gasteiger charge is -2.04. The molecule has 0 saturated carbocycles. The van der Waals surface area contributed by atoms with Crippen molar-refractivity contribution < 1.29 is 19.1 Å². The summed E-state index contributed by atoms with van der Waals surface area (Å²) in [6.45, 7) is 0. The Bertz CT molecular complexity index is 872. The average Bonchev–Trinajstić information content (AvgIpc) is 2.97. The summed E-state index contributed by atoms with van der Waals surface area (Å²) in [5.41, 5.74) is 1.69. The number of carbonyl (C=O) groups excluding carboxylic acids is 2. The second-order valence-electron chi connectivity index (χ2n) is 4.93. The Balaban J connectivity index is 2.01. The fourth-order valence-corrected chi connectivity index (χ4v) is 2.56. The van der Waals surface area contributed by atoms with Gasteiger partial charge in [-0.1, -0.05) is 40.2 Å². The highest BCUT2D eigenvalue weighted by atomic mass is 79.9. The smallest absolute Gasteiger partial charge is 0.363 e. The van der Waals surface area contributed by atoms with Crippen molar-refractivity contribution in [3.63, 3.8) is 0 Å². The Morgan fingerprint density at radius 2 is 1.96 bits per heavy atom. The van der Waals surface area contributed by atoms with Gasteiger partial charge < -0.3 is 9.47 Å². The largest absolute Gasteiger partial charge is 0.465 e. The number of methoxy groups -OCH3 is 1. The maximum Gasteiger partial charge on any atom is 0.363 e. The molecule has 6 heteroatoms. The van der Waals surface area contributed by atoms with E-state index in [0.29, 0.717) is 16.7 Å². The minimum atomic E-state index is -0.562. The molecule has 0 aromatic heterocycles. The number of hydrogen-bond donors (Lipinski definition) is 0.